The summed E-state index contributed by atoms with van der Waals surface area (Å²) in [7, 11) is 5.35. The maximum Gasteiger partial charge on any atom is 0.268 e. The monoisotopic (exact) mass is 465 g/mol. The zero-order valence-electron chi connectivity index (χ0n) is 20.3. The molecule has 3 heterocycles. The van der Waals surface area contributed by atoms with Crippen molar-refractivity contribution in [3.63, 3.8) is 0 Å². The second-order valence-electron chi connectivity index (χ2n) is 9.80. The van der Waals surface area contributed by atoms with Crippen LogP contribution in [0.15, 0.2) is 24.4 Å². The largest absolute Gasteiger partial charge is 0.496 e. The third kappa shape index (κ3) is 5.05. The molecule has 1 aromatic carbocycles. The summed E-state index contributed by atoms with van der Waals surface area (Å²) in [5.41, 5.74) is 2.79. The number of aromatic nitrogens is 3. The smallest absolute Gasteiger partial charge is 0.268 e. The van der Waals surface area contributed by atoms with Crippen LogP contribution in [0.2, 0.25) is 0 Å². The number of rotatable bonds is 6. The maximum absolute atomic E-state index is 5.70. The molecule has 1 aliphatic rings. The van der Waals surface area contributed by atoms with Crippen LogP contribution in [0, 0.1) is 12.1 Å². The Balaban J connectivity index is 1.58. The number of benzene rings is 1. The summed E-state index contributed by atoms with van der Waals surface area (Å²) >= 11 is 1.58. The van der Waals surface area contributed by atoms with Crippen molar-refractivity contribution in [2.45, 2.75) is 57.7 Å². The van der Waals surface area contributed by atoms with Crippen molar-refractivity contribution in [1.82, 2.24) is 20.5 Å². The van der Waals surface area contributed by atoms with Crippen LogP contribution >= 0.6 is 11.3 Å². The van der Waals surface area contributed by atoms with Crippen LogP contribution in [0.4, 0.5) is 5.13 Å². The number of piperidine rings is 1. The minimum atomic E-state index is 0.0675. The highest BCUT2D eigenvalue weighted by Gasteiger charge is 2.39. The normalized spacial score (nSPS) is 17.3. The molecule has 3 aromatic rings. The SMILES string of the molecule is COc1c#cc(-c2ccc(-c3nnc(N(C)C4CC(C)(C)NC(C)(C)C4)s3)c(OC)c2)cn1. The fourth-order valence-corrected chi connectivity index (χ4v) is 5.67. The summed E-state index contributed by atoms with van der Waals surface area (Å²) in [6.07, 6.45) is 3.80. The predicted molar refractivity (Wildman–Crippen MR) is 132 cm³/mol. The molecular formula is C25H31N5O2S. The lowest BCUT2D eigenvalue weighted by Crippen LogP contribution is -2.61. The summed E-state index contributed by atoms with van der Waals surface area (Å²) < 4.78 is 10.8. The van der Waals surface area contributed by atoms with Crippen LogP contribution < -0.4 is 19.7 Å². The maximum atomic E-state index is 5.70. The van der Waals surface area contributed by atoms with Crippen LogP contribution in [0.1, 0.15) is 40.5 Å². The number of nitrogens with zero attached hydrogens (tertiary/aromatic N) is 4. The van der Waals surface area contributed by atoms with Gasteiger partial charge in [0.2, 0.25) is 5.13 Å². The van der Waals surface area contributed by atoms with Crippen LogP contribution in [-0.4, -0.2) is 53.6 Å². The number of nitrogens with one attached hydrogen (secondary N) is 1. The van der Waals surface area contributed by atoms with Crippen LogP contribution in [0.5, 0.6) is 11.6 Å². The molecule has 8 heteroatoms. The Morgan fingerprint density at radius 3 is 2.39 bits per heavy atom. The second-order valence-corrected chi connectivity index (χ2v) is 10.8. The molecule has 0 radical (unpaired) electrons. The van der Waals surface area contributed by atoms with E-state index in [9.17, 15) is 0 Å². The van der Waals surface area contributed by atoms with Gasteiger partial charge in [-0.1, -0.05) is 23.5 Å². The van der Waals surface area contributed by atoms with Gasteiger partial charge in [-0.05, 0) is 64.3 Å². The average molecular weight is 466 g/mol. The van der Waals surface area contributed by atoms with Gasteiger partial charge in [-0.2, -0.15) is 0 Å². The third-order valence-corrected chi connectivity index (χ3v) is 7.03. The first kappa shape index (κ1) is 23.3. The predicted octanol–water partition coefficient (Wildman–Crippen LogP) is 4.63. The number of anilines is 1. The fraction of sp³-hybridized carbons (Fsp3) is 0.480. The Morgan fingerprint density at radius 2 is 1.79 bits per heavy atom. The minimum absolute atomic E-state index is 0.0675. The second kappa shape index (κ2) is 8.81. The summed E-state index contributed by atoms with van der Waals surface area (Å²) in [5, 5.41) is 14.5. The van der Waals surface area contributed by atoms with Gasteiger partial charge in [-0.15, -0.1) is 10.2 Å². The van der Waals surface area contributed by atoms with Gasteiger partial charge in [0.25, 0.3) is 5.88 Å². The molecule has 7 nitrogen and oxygen atoms in total. The quantitative estimate of drug-likeness (QED) is 0.569. The van der Waals surface area contributed by atoms with Gasteiger partial charge >= 0.3 is 0 Å². The third-order valence-electron chi connectivity index (χ3n) is 5.98. The van der Waals surface area contributed by atoms with Gasteiger partial charge in [-0.25, -0.2) is 4.98 Å². The molecule has 0 unspecified atom stereocenters. The first-order valence-electron chi connectivity index (χ1n) is 11.0. The van der Waals surface area contributed by atoms with Gasteiger partial charge in [0, 0.05) is 30.4 Å². The minimum Gasteiger partial charge on any atom is -0.496 e. The number of hydrogen-bond donors (Lipinski definition) is 1. The van der Waals surface area contributed by atoms with E-state index in [4.69, 9.17) is 9.47 Å². The van der Waals surface area contributed by atoms with E-state index in [2.05, 4.69) is 72.3 Å². The standard InChI is InChI=1S/C25H31N5O2S/c1-24(2)13-18(14-25(3,4)29-24)30(5)23-28-27-22(33-23)19-10-8-16(12-20(19)31-6)17-9-11-21(32-7)26-15-17/h8,10,12,15,18,29H,13-14H2,1-7H3. The van der Waals surface area contributed by atoms with Crippen LogP contribution in [0.25, 0.3) is 21.7 Å². The first-order valence-corrected chi connectivity index (χ1v) is 11.8. The van der Waals surface area contributed by atoms with Gasteiger partial charge in [0.15, 0.2) is 5.01 Å². The van der Waals surface area contributed by atoms with E-state index in [-0.39, 0.29) is 11.1 Å². The molecule has 0 aliphatic carbocycles. The van der Waals surface area contributed by atoms with Crippen molar-refractivity contribution in [2.24, 2.45) is 0 Å². The number of hydrogen-bond acceptors (Lipinski definition) is 8. The molecule has 0 atom stereocenters. The Morgan fingerprint density at radius 1 is 1.06 bits per heavy atom. The van der Waals surface area contributed by atoms with Crippen molar-refractivity contribution < 1.29 is 9.47 Å². The molecular weight excluding hydrogens is 434 g/mol. The first-order chi connectivity index (χ1) is 15.6. The van der Waals surface area contributed by atoms with Gasteiger partial charge < -0.3 is 19.7 Å². The molecule has 1 saturated heterocycles. The van der Waals surface area contributed by atoms with E-state index < -0.39 is 0 Å². The number of methoxy groups -OCH3 is 2. The van der Waals surface area contributed by atoms with E-state index in [0.29, 0.717) is 11.9 Å². The molecule has 1 fully saturated rings. The molecule has 0 bridgehead atoms. The highest BCUT2D eigenvalue weighted by molar-refractivity contribution is 7.18. The zero-order chi connectivity index (χ0) is 23.8. The Bertz CT molecular complexity index is 1090. The number of ether oxygens (including phenoxy) is 2. The molecule has 174 valence electrons. The molecule has 1 N–H and O–H groups in total. The Kier molecular flexibility index (Phi) is 6.21. The summed E-state index contributed by atoms with van der Waals surface area (Å²) in [4.78, 5) is 6.49. The molecule has 1 aliphatic heterocycles. The van der Waals surface area contributed by atoms with Gasteiger partial charge in [-0.3, -0.25) is 0 Å². The highest BCUT2D eigenvalue weighted by atomic mass is 32.1. The average Bonchev–Trinajstić information content (AvgIpc) is 3.26. The van der Waals surface area contributed by atoms with Crippen molar-refractivity contribution in [3.05, 3.63) is 36.5 Å². The van der Waals surface area contributed by atoms with Crippen molar-refractivity contribution in [2.75, 3.05) is 26.2 Å². The molecule has 2 aromatic heterocycles. The topological polar surface area (TPSA) is 72.4 Å². The van der Waals surface area contributed by atoms with Crippen molar-refractivity contribution in [3.8, 4) is 33.3 Å². The van der Waals surface area contributed by atoms with E-state index in [0.717, 1.165) is 45.4 Å². The fourth-order valence-electron chi connectivity index (χ4n) is 4.76. The molecule has 0 amide bonds. The molecule has 4 rings (SSSR count). The van der Waals surface area contributed by atoms with Gasteiger partial charge in [0.1, 0.15) is 5.75 Å². The highest BCUT2D eigenvalue weighted by Crippen LogP contribution is 2.39. The molecule has 0 saturated carbocycles. The summed E-state index contributed by atoms with van der Waals surface area (Å²) in [6, 6.07) is 12.3. The Hall–Kier alpha value is -2.89. The van der Waals surface area contributed by atoms with E-state index in [1.54, 1.807) is 31.8 Å². The van der Waals surface area contributed by atoms with Crippen LogP contribution in [-0.2, 0) is 0 Å². The van der Waals surface area contributed by atoms with Crippen molar-refractivity contribution >= 4 is 16.5 Å². The lowest BCUT2D eigenvalue weighted by atomic mass is 9.79. The molecule has 33 heavy (non-hydrogen) atoms. The Labute approximate surface area is 200 Å². The van der Waals surface area contributed by atoms with E-state index in [1.165, 1.54) is 0 Å². The lowest BCUT2D eigenvalue weighted by molar-refractivity contribution is 0.161. The summed E-state index contributed by atoms with van der Waals surface area (Å²) in [6.45, 7) is 9.06. The zero-order valence-corrected chi connectivity index (χ0v) is 21.1. The van der Waals surface area contributed by atoms with Gasteiger partial charge in [0.05, 0.1) is 25.3 Å². The lowest BCUT2D eigenvalue weighted by Gasteiger charge is -2.48. The summed E-state index contributed by atoms with van der Waals surface area (Å²) in [5.74, 6) is 1.14. The van der Waals surface area contributed by atoms with Crippen LogP contribution in [0.3, 0.4) is 0 Å². The molecule has 0 spiro atoms. The van der Waals surface area contributed by atoms with E-state index >= 15 is 0 Å². The van der Waals surface area contributed by atoms with Crippen molar-refractivity contribution in [1.29, 1.82) is 0 Å². The van der Waals surface area contributed by atoms with E-state index in [1.807, 2.05) is 18.2 Å².